The van der Waals surface area contributed by atoms with Gasteiger partial charge in [-0.25, -0.2) is 4.68 Å². The van der Waals surface area contributed by atoms with E-state index in [9.17, 15) is 0 Å². The Morgan fingerprint density at radius 1 is 1.23 bits per heavy atom. The van der Waals surface area contributed by atoms with E-state index in [1.165, 1.54) is 0 Å². The highest BCUT2D eigenvalue weighted by Crippen LogP contribution is 2.35. The van der Waals surface area contributed by atoms with Crippen LogP contribution in [0.1, 0.15) is 11.9 Å². The van der Waals surface area contributed by atoms with Gasteiger partial charge in [0.2, 0.25) is 0 Å². The molecule has 0 bridgehead atoms. The molecule has 1 aromatic heterocycles. The van der Waals surface area contributed by atoms with Crippen LogP contribution in [0.25, 0.3) is 0 Å². The molecule has 0 aliphatic carbocycles. The molecule has 0 saturated carbocycles. The Hall–Kier alpha value is -2.55. The largest absolute Gasteiger partial charge is 0.492 e. The second-order valence-corrected chi connectivity index (χ2v) is 7.89. The predicted molar refractivity (Wildman–Crippen MR) is 117 cm³/mol. The number of nitrogens with zero attached hydrogens (tertiary/aromatic N) is 4. The van der Waals surface area contributed by atoms with Gasteiger partial charge in [-0.1, -0.05) is 29.8 Å². The molecular weight excluding hydrogens is 424 g/mol. The van der Waals surface area contributed by atoms with Crippen LogP contribution in [0.5, 0.6) is 17.2 Å². The number of fused-ring (bicyclic) bond motifs is 1. The minimum absolute atomic E-state index is 0.315. The summed E-state index contributed by atoms with van der Waals surface area (Å²) >= 11 is 11.6. The Morgan fingerprint density at radius 3 is 2.83 bits per heavy atom. The molecule has 0 N–H and O–H groups in total. The number of hydrogen-bond donors (Lipinski definition) is 0. The number of likely N-dealkylation sites (N-methyl/N-ethyl adjacent to an activating group) is 1. The summed E-state index contributed by atoms with van der Waals surface area (Å²) in [6, 6.07) is 15.0. The molecule has 0 amide bonds. The smallest absolute Gasteiger partial charge is 0.198 e. The molecule has 30 heavy (non-hydrogen) atoms. The van der Waals surface area contributed by atoms with E-state index >= 15 is 0 Å². The first kappa shape index (κ1) is 20.7. The molecule has 0 radical (unpaired) electrons. The van der Waals surface area contributed by atoms with Crippen LogP contribution in [0.15, 0.2) is 48.5 Å². The van der Waals surface area contributed by atoms with E-state index in [1.54, 1.807) is 10.7 Å². The summed E-state index contributed by atoms with van der Waals surface area (Å²) in [6.45, 7) is 2.16. The lowest BCUT2D eigenvalue weighted by atomic mass is 10.2. The third-order valence-electron chi connectivity index (χ3n) is 4.78. The predicted octanol–water partition coefficient (Wildman–Crippen LogP) is 4.09. The number of ether oxygens (including phenoxy) is 3. The van der Waals surface area contributed by atoms with Crippen molar-refractivity contribution in [3.8, 4) is 17.2 Å². The minimum atomic E-state index is -0.315. The number of halogens is 1. The van der Waals surface area contributed by atoms with Crippen LogP contribution in [0.2, 0.25) is 5.02 Å². The van der Waals surface area contributed by atoms with E-state index in [0.717, 1.165) is 17.3 Å². The molecule has 2 aromatic carbocycles. The summed E-state index contributed by atoms with van der Waals surface area (Å²) < 4.78 is 21.9. The summed E-state index contributed by atoms with van der Waals surface area (Å²) in [5.41, 5.74) is 0. The molecule has 3 aromatic rings. The summed E-state index contributed by atoms with van der Waals surface area (Å²) in [6.07, 6.45) is -0.315. The average Bonchev–Trinajstić information content (AvgIpc) is 3.02. The third-order valence-corrected chi connectivity index (χ3v) is 5.50. The van der Waals surface area contributed by atoms with Crippen molar-refractivity contribution in [3.05, 3.63) is 64.1 Å². The van der Waals surface area contributed by atoms with Gasteiger partial charge in [0.1, 0.15) is 19.0 Å². The highest BCUT2D eigenvalue weighted by atomic mass is 35.5. The van der Waals surface area contributed by atoms with Crippen LogP contribution < -0.4 is 14.2 Å². The number of para-hydroxylation sites is 2. The Labute approximate surface area is 185 Å². The van der Waals surface area contributed by atoms with E-state index in [0.29, 0.717) is 42.0 Å². The second-order valence-electron chi connectivity index (χ2n) is 7.09. The molecule has 1 atom stereocenters. The molecule has 0 saturated heterocycles. The molecule has 2 heterocycles. The molecule has 1 aliphatic heterocycles. The highest BCUT2D eigenvalue weighted by molar-refractivity contribution is 7.71. The third kappa shape index (κ3) is 4.61. The maximum absolute atomic E-state index is 6.08. The van der Waals surface area contributed by atoms with E-state index in [2.05, 4.69) is 4.90 Å². The van der Waals surface area contributed by atoms with Gasteiger partial charge in [0, 0.05) is 18.6 Å². The van der Waals surface area contributed by atoms with Crippen molar-refractivity contribution >= 4 is 23.8 Å². The van der Waals surface area contributed by atoms with Crippen LogP contribution in [-0.2, 0) is 13.7 Å². The highest BCUT2D eigenvalue weighted by Gasteiger charge is 2.27. The zero-order chi connectivity index (χ0) is 21.1. The number of rotatable bonds is 7. The summed E-state index contributed by atoms with van der Waals surface area (Å²) in [5.74, 6) is 2.94. The van der Waals surface area contributed by atoms with Crippen LogP contribution in [0, 0.1) is 4.77 Å². The molecule has 4 rings (SSSR count). The number of hydrogen-bond acceptors (Lipinski definition) is 6. The van der Waals surface area contributed by atoms with Crippen molar-refractivity contribution in [3.63, 3.8) is 0 Å². The molecule has 0 spiro atoms. The maximum Gasteiger partial charge on any atom is 0.198 e. The SMILES string of the molecule is CN(CCOc1cccc(Cl)c1)Cn1nc(C2COc3ccccc3O2)n(C)c1=S. The maximum atomic E-state index is 6.08. The van der Waals surface area contributed by atoms with Gasteiger partial charge < -0.3 is 18.8 Å². The van der Waals surface area contributed by atoms with Crippen molar-refractivity contribution in [2.45, 2.75) is 12.8 Å². The van der Waals surface area contributed by atoms with Gasteiger partial charge in [-0.3, -0.25) is 4.90 Å². The van der Waals surface area contributed by atoms with Crippen molar-refractivity contribution in [1.82, 2.24) is 19.2 Å². The molecule has 1 unspecified atom stereocenters. The topological polar surface area (TPSA) is 53.7 Å². The van der Waals surface area contributed by atoms with Gasteiger partial charge in [-0.2, -0.15) is 5.10 Å². The molecule has 1 aliphatic rings. The second kappa shape index (κ2) is 9.07. The molecule has 9 heteroatoms. The summed E-state index contributed by atoms with van der Waals surface area (Å²) in [5, 5.41) is 5.35. The fraction of sp³-hybridized carbons (Fsp3) is 0.333. The van der Waals surface area contributed by atoms with Gasteiger partial charge in [0.05, 0.1) is 6.67 Å². The van der Waals surface area contributed by atoms with Gasteiger partial charge in [0.25, 0.3) is 0 Å². The van der Waals surface area contributed by atoms with E-state index < -0.39 is 0 Å². The number of aromatic nitrogens is 3. The van der Waals surface area contributed by atoms with Crippen LogP contribution in [0.3, 0.4) is 0 Å². The van der Waals surface area contributed by atoms with Gasteiger partial charge in [-0.05, 0) is 49.6 Å². The molecular formula is C21H23ClN4O3S. The quantitative estimate of drug-likeness (QED) is 0.509. The lowest BCUT2D eigenvalue weighted by molar-refractivity contribution is 0.0821. The van der Waals surface area contributed by atoms with Crippen molar-refractivity contribution in [2.24, 2.45) is 7.05 Å². The lowest BCUT2D eigenvalue weighted by Crippen LogP contribution is -2.28. The first-order chi connectivity index (χ1) is 14.5. The van der Waals surface area contributed by atoms with E-state index in [4.69, 9.17) is 43.1 Å². The zero-order valence-corrected chi connectivity index (χ0v) is 18.4. The van der Waals surface area contributed by atoms with Crippen molar-refractivity contribution in [1.29, 1.82) is 0 Å². The Balaban J connectivity index is 1.38. The lowest BCUT2D eigenvalue weighted by Gasteiger charge is -2.25. The first-order valence-electron chi connectivity index (χ1n) is 9.60. The van der Waals surface area contributed by atoms with E-state index in [-0.39, 0.29) is 6.10 Å². The fourth-order valence-corrected chi connectivity index (χ4v) is 3.57. The van der Waals surface area contributed by atoms with Crippen molar-refractivity contribution in [2.75, 3.05) is 26.8 Å². The Kier molecular flexibility index (Phi) is 6.26. The monoisotopic (exact) mass is 446 g/mol. The van der Waals surface area contributed by atoms with Crippen LogP contribution in [-0.4, -0.2) is 46.1 Å². The van der Waals surface area contributed by atoms with Gasteiger partial charge in [0.15, 0.2) is 28.2 Å². The molecule has 0 fully saturated rings. The summed E-state index contributed by atoms with van der Waals surface area (Å²) in [4.78, 5) is 2.09. The minimum Gasteiger partial charge on any atom is -0.492 e. The zero-order valence-electron chi connectivity index (χ0n) is 16.8. The fourth-order valence-electron chi connectivity index (χ4n) is 3.20. The van der Waals surface area contributed by atoms with Gasteiger partial charge >= 0.3 is 0 Å². The first-order valence-corrected chi connectivity index (χ1v) is 10.4. The molecule has 7 nitrogen and oxygen atoms in total. The van der Waals surface area contributed by atoms with Gasteiger partial charge in [-0.15, -0.1) is 0 Å². The van der Waals surface area contributed by atoms with Crippen LogP contribution >= 0.6 is 23.8 Å². The van der Waals surface area contributed by atoms with Crippen LogP contribution in [0.4, 0.5) is 0 Å². The Bertz CT molecular complexity index is 1080. The molecule has 158 valence electrons. The number of benzene rings is 2. The normalized spacial score (nSPS) is 15.4. The average molecular weight is 447 g/mol. The van der Waals surface area contributed by atoms with Crippen molar-refractivity contribution < 1.29 is 14.2 Å². The summed E-state index contributed by atoms with van der Waals surface area (Å²) in [7, 11) is 3.89. The Morgan fingerprint density at radius 2 is 2.03 bits per heavy atom. The van der Waals surface area contributed by atoms with E-state index in [1.807, 2.05) is 61.1 Å². The standard InChI is InChI=1S/C21H23ClN4O3S/c1-24(10-11-27-16-7-5-6-15(22)12-16)14-26-21(30)25(2)20(23-26)19-13-28-17-8-3-4-9-18(17)29-19/h3-9,12,19H,10-11,13-14H2,1-2H3.